The van der Waals surface area contributed by atoms with Crippen LogP contribution >= 0.6 is 0 Å². The molecule has 0 aliphatic heterocycles. The van der Waals surface area contributed by atoms with Crippen LogP contribution in [0.5, 0.6) is 0 Å². The SMILES string of the molecule is Cc1cccc(C)c1C(C(=O)NC(C)C)N(CC#N)C(=O)CNC(=O)OC(C)(C)C. The first-order valence-corrected chi connectivity index (χ1v) is 9.87. The molecule has 0 bridgehead atoms. The molecule has 0 aliphatic carbocycles. The van der Waals surface area contributed by atoms with Crippen molar-refractivity contribution in [2.24, 2.45) is 0 Å². The maximum atomic E-state index is 13.1. The van der Waals surface area contributed by atoms with Crippen molar-refractivity contribution >= 4 is 17.9 Å². The molecule has 0 aliphatic rings. The molecule has 2 N–H and O–H groups in total. The summed E-state index contributed by atoms with van der Waals surface area (Å²) < 4.78 is 5.15. The molecule has 1 unspecified atom stereocenters. The van der Waals surface area contributed by atoms with Gasteiger partial charge in [0.1, 0.15) is 24.7 Å². The smallest absolute Gasteiger partial charge is 0.408 e. The highest BCUT2D eigenvalue weighted by molar-refractivity contribution is 5.91. The summed E-state index contributed by atoms with van der Waals surface area (Å²) in [6.07, 6.45) is -0.747. The summed E-state index contributed by atoms with van der Waals surface area (Å²) in [5, 5.41) is 14.6. The van der Waals surface area contributed by atoms with Crippen LogP contribution in [0, 0.1) is 25.2 Å². The van der Waals surface area contributed by atoms with Crippen molar-refractivity contribution < 1.29 is 19.1 Å². The molecule has 0 spiro atoms. The topological polar surface area (TPSA) is 112 Å². The lowest BCUT2D eigenvalue weighted by atomic mass is 9.94. The van der Waals surface area contributed by atoms with Crippen molar-refractivity contribution in [3.63, 3.8) is 0 Å². The predicted octanol–water partition coefficient (Wildman–Crippen LogP) is 2.75. The highest BCUT2D eigenvalue weighted by Crippen LogP contribution is 2.28. The first kappa shape index (κ1) is 25.0. The number of nitriles is 1. The number of alkyl carbamates (subject to hydrolysis) is 1. The van der Waals surface area contributed by atoms with Crippen LogP contribution in [0.3, 0.4) is 0 Å². The number of carbonyl (C=O) groups excluding carboxylic acids is 3. The average Bonchev–Trinajstić information content (AvgIpc) is 2.59. The van der Waals surface area contributed by atoms with E-state index in [1.54, 1.807) is 20.8 Å². The lowest BCUT2D eigenvalue weighted by Gasteiger charge is -2.32. The number of hydrogen-bond donors (Lipinski definition) is 2. The Bertz CT molecular complexity index is 801. The maximum absolute atomic E-state index is 13.1. The molecule has 0 aromatic heterocycles. The molecule has 0 fully saturated rings. The molecular weight excluding hydrogens is 384 g/mol. The first-order valence-electron chi connectivity index (χ1n) is 9.87. The van der Waals surface area contributed by atoms with Crippen LogP contribution in [0.1, 0.15) is 57.4 Å². The minimum Gasteiger partial charge on any atom is -0.444 e. The number of amides is 3. The van der Waals surface area contributed by atoms with Gasteiger partial charge in [0.25, 0.3) is 0 Å². The van der Waals surface area contributed by atoms with Crippen molar-refractivity contribution in [1.29, 1.82) is 5.26 Å². The molecule has 0 radical (unpaired) electrons. The summed E-state index contributed by atoms with van der Waals surface area (Å²) in [5.41, 5.74) is 1.61. The van der Waals surface area contributed by atoms with Gasteiger partial charge in [-0.25, -0.2) is 4.79 Å². The van der Waals surface area contributed by atoms with Crippen molar-refractivity contribution in [3.05, 3.63) is 34.9 Å². The maximum Gasteiger partial charge on any atom is 0.408 e. The van der Waals surface area contributed by atoms with Crippen LogP contribution in [0.2, 0.25) is 0 Å². The number of benzene rings is 1. The molecule has 0 heterocycles. The lowest BCUT2D eigenvalue weighted by Crippen LogP contribution is -2.49. The third-order valence-electron chi connectivity index (χ3n) is 4.15. The lowest BCUT2D eigenvalue weighted by molar-refractivity contribution is -0.139. The Morgan fingerprint density at radius 3 is 2.20 bits per heavy atom. The molecule has 3 amide bonds. The van der Waals surface area contributed by atoms with Gasteiger partial charge < -0.3 is 20.3 Å². The van der Waals surface area contributed by atoms with Crippen LogP contribution < -0.4 is 10.6 Å². The van der Waals surface area contributed by atoms with Gasteiger partial charge >= 0.3 is 6.09 Å². The molecule has 30 heavy (non-hydrogen) atoms. The van der Waals surface area contributed by atoms with Crippen molar-refractivity contribution in [1.82, 2.24) is 15.5 Å². The summed E-state index contributed by atoms with van der Waals surface area (Å²) in [6, 6.07) is 6.38. The normalized spacial score (nSPS) is 12.0. The van der Waals surface area contributed by atoms with Crippen molar-refractivity contribution in [3.8, 4) is 6.07 Å². The highest BCUT2D eigenvalue weighted by atomic mass is 16.6. The van der Waals surface area contributed by atoms with E-state index in [1.165, 1.54) is 4.90 Å². The zero-order valence-corrected chi connectivity index (χ0v) is 18.8. The second-order valence-electron chi connectivity index (χ2n) is 8.41. The summed E-state index contributed by atoms with van der Waals surface area (Å²) in [6.45, 7) is 11.8. The third-order valence-corrected chi connectivity index (χ3v) is 4.15. The number of nitrogens with zero attached hydrogens (tertiary/aromatic N) is 2. The monoisotopic (exact) mass is 416 g/mol. The van der Waals surface area contributed by atoms with Gasteiger partial charge in [-0.05, 0) is 65.2 Å². The van der Waals surface area contributed by atoms with Gasteiger partial charge in [-0.3, -0.25) is 9.59 Å². The minimum absolute atomic E-state index is 0.150. The van der Waals surface area contributed by atoms with Gasteiger partial charge in [0, 0.05) is 6.04 Å². The third kappa shape index (κ3) is 7.39. The fourth-order valence-electron chi connectivity index (χ4n) is 3.01. The number of carbonyl (C=O) groups is 3. The zero-order valence-electron chi connectivity index (χ0n) is 18.8. The Kier molecular flexibility index (Phi) is 8.84. The standard InChI is InChI=1S/C22H32N4O4/c1-14(2)25-20(28)19(18-15(3)9-8-10-16(18)4)26(12-11-23)17(27)13-24-21(29)30-22(5,6)7/h8-10,14,19H,12-13H2,1-7H3,(H,24,29)(H,25,28). The minimum atomic E-state index is -0.999. The summed E-state index contributed by atoms with van der Waals surface area (Å²) in [7, 11) is 0. The number of aryl methyl sites for hydroxylation is 2. The number of rotatable bonds is 7. The van der Waals surface area contributed by atoms with Gasteiger partial charge in [-0.15, -0.1) is 0 Å². The van der Waals surface area contributed by atoms with E-state index in [2.05, 4.69) is 10.6 Å². The van der Waals surface area contributed by atoms with E-state index in [-0.39, 0.29) is 18.5 Å². The Labute approximate surface area is 178 Å². The van der Waals surface area contributed by atoms with E-state index in [9.17, 15) is 19.6 Å². The largest absolute Gasteiger partial charge is 0.444 e. The molecular formula is C22H32N4O4. The van der Waals surface area contributed by atoms with E-state index in [1.807, 2.05) is 52.0 Å². The Morgan fingerprint density at radius 1 is 1.17 bits per heavy atom. The summed E-state index contributed by atoms with van der Waals surface area (Å²) in [5.74, 6) is -0.947. The molecule has 8 nitrogen and oxygen atoms in total. The summed E-state index contributed by atoms with van der Waals surface area (Å²) in [4.78, 5) is 39.1. The van der Waals surface area contributed by atoms with E-state index in [0.29, 0.717) is 5.56 Å². The Balaban J connectivity index is 3.25. The fraction of sp³-hybridized carbons (Fsp3) is 0.545. The molecule has 0 saturated carbocycles. The fourth-order valence-corrected chi connectivity index (χ4v) is 3.01. The highest BCUT2D eigenvalue weighted by Gasteiger charge is 2.34. The van der Waals surface area contributed by atoms with E-state index in [0.717, 1.165) is 11.1 Å². The molecule has 1 rings (SSSR count). The predicted molar refractivity (Wildman–Crippen MR) is 113 cm³/mol. The quantitative estimate of drug-likeness (QED) is 0.664. The van der Waals surface area contributed by atoms with Gasteiger partial charge in [0.15, 0.2) is 0 Å². The van der Waals surface area contributed by atoms with Crippen LogP contribution in [-0.2, 0) is 14.3 Å². The van der Waals surface area contributed by atoms with Gasteiger partial charge in [-0.2, -0.15) is 5.26 Å². The van der Waals surface area contributed by atoms with Crippen molar-refractivity contribution in [2.45, 2.75) is 66.2 Å². The number of hydrogen-bond acceptors (Lipinski definition) is 5. The molecule has 164 valence electrons. The van der Waals surface area contributed by atoms with E-state index in [4.69, 9.17) is 4.74 Å². The second kappa shape index (κ2) is 10.6. The average molecular weight is 417 g/mol. The first-order chi connectivity index (χ1) is 13.9. The van der Waals surface area contributed by atoms with Gasteiger partial charge in [-0.1, -0.05) is 18.2 Å². The van der Waals surface area contributed by atoms with Crippen LogP contribution in [0.15, 0.2) is 18.2 Å². The van der Waals surface area contributed by atoms with Crippen LogP contribution in [-0.4, -0.2) is 47.5 Å². The number of ether oxygens (including phenoxy) is 1. The number of nitrogens with one attached hydrogen (secondary N) is 2. The zero-order chi connectivity index (χ0) is 23.1. The second-order valence-corrected chi connectivity index (χ2v) is 8.41. The van der Waals surface area contributed by atoms with Crippen molar-refractivity contribution in [2.75, 3.05) is 13.1 Å². The van der Waals surface area contributed by atoms with Crippen LogP contribution in [0.25, 0.3) is 0 Å². The molecule has 0 saturated heterocycles. The molecule has 1 aromatic carbocycles. The van der Waals surface area contributed by atoms with E-state index >= 15 is 0 Å². The van der Waals surface area contributed by atoms with E-state index < -0.39 is 30.2 Å². The Hall–Kier alpha value is -3.08. The van der Waals surface area contributed by atoms with Gasteiger partial charge in [0.2, 0.25) is 11.8 Å². The molecule has 1 atom stereocenters. The molecule has 1 aromatic rings. The van der Waals surface area contributed by atoms with Gasteiger partial charge in [0.05, 0.1) is 6.07 Å². The Morgan fingerprint density at radius 2 is 1.73 bits per heavy atom. The van der Waals surface area contributed by atoms with Crippen LogP contribution in [0.4, 0.5) is 4.79 Å². The summed E-state index contributed by atoms with van der Waals surface area (Å²) >= 11 is 0. The molecule has 8 heteroatoms.